The molecule has 0 fully saturated rings. The van der Waals surface area contributed by atoms with Gasteiger partial charge in [0.25, 0.3) is 0 Å². The standard InChI is InChI=1S/C11H10F3N3O4/c1-19-3-2-17-9(11(12,13)14)8(5-15-17)21-10(18)7-4-16-20-6-7/h4-6H,2-3H2,1H3. The Hall–Kier alpha value is -2.36. The molecule has 0 spiro atoms. The van der Waals surface area contributed by atoms with Crippen molar-refractivity contribution in [3.8, 4) is 5.75 Å². The van der Waals surface area contributed by atoms with Crippen molar-refractivity contribution in [3.63, 3.8) is 0 Å². The summed E-state index contributed by atoms with van der Waals surface area (Å²) in [5, 5.41) is 6.82. The van der Waals surface area contributed by atoms with Crippen LogP contribution < -0.4 is 4.74 Å². The van der Waals surface area contributed by atoms with Crippen molar-refractivity contribution < 1.29 is 32.0 Å². The fourth-order valence-corrected chi connectivity index (χ4v) is 1.54. The molecule has 10 heteroatoms. The lowest BCUT2D eigenvalue weighted by Gasteiger charge is -2.11. The lowest BCUT2D eigenvalue weighted by Crippen LogP contribution is -2.19. The van der Waals surface area contributed by atoms with E-state index >= 15 is 0 Å². The van der Waals surface area contributed by atoms with Gasteiger partial charge in [-0.2, -0.15) is 18.3 Å². The zero-order valence-electron chi connectivity index (χ0n) is 10.8. The summed E-state index contributed by atoms with van der Waals surface area (Å²) in [5.74, 6) is -1.71. The van der Waals surface area contributed by atoms with Crippen LogP contribution in [0.1, 0.15) is 16.1 Å². The van der Waals surface area contributed by atoms with Gasteiger partial charge >= 0.3 is 12.1 Å². The highest BCUT2D eigenvalue weighted by Crippen LogP contribution is 2.36. The van der Waals surface area contributed by atoms with Crippen LogP contribution in [0.4, 0.5) is 13.2 Å². The van der Waals surface area contributed by atoms with Crippen molar-refractivity contribution in [1.82, 2.24) is 14.9 Å². The fraction of sp³-hybridized carbons (Fsp3) is 0.364. The van der Waals surface area contributed by atoms with Crippen molar-refractivity contribution >= 4 is 5.97 Å². The topological polar surface area (TPSA) is 79.4 Å². The predicted octanol–water partition coefficient (Wildman–Crippen LogP) is 1.76. The number of hydrogen-bond acceptors (Lipinski definition) is 6. The summed E-state index contributed by atoms with van der Waals surface area (Å²) < 4.78 is 53.6. The molecule has 114 valence electrons. The Morgan fingerprint density at radius 3 is 2.76 bits per heavy atom. The Bertz CT molecular complexity index is 607. The van der Waals surface area contributed by atoms with Crippen LogP contribution in [0.25, 0.3) is 0 Å². The molecule has 0 radical (unpaired) electrons. The lowest BCUT2D eigenvalue weighted by atomic mass is 10.3. The molecule has 0 atom stereocenters. The van der Waals surface area contributed by atoms with Gasteiger partial charge in [0.2, 0.25) is 0 Å². The smallest absolute Gasteiger partial charge is 0.419 e. The summed E-state index contributed by atoms with van der Waals surface area (Å²) in [5.41, 5.74) is -1.27. The fourth-order valence-electron chi connectivity index (χ4n) is 1.54. The molecule has 0 N–H and O–H groups in total. The van der Waals surface area contributed by atoms with Crippen LogP contribution in [0.3, 0.4) is 0 Å². The molecular weight excluding hydrogens is 295 g/mol. The Morgan fingerprint density at radius 1 is 1.43 bits per heavy atom. The lowest BCUT2D eigenvalue weighted by molar-refractivity contribution is -0.145. The molecule has 0 bridgehead atoms. The number of aromatic nitrogens is 3. The van der Waals surface area contributed by atoms with Gasteiger partial charge in [-0.1, -0.05) is 5.16 Å². The van der Waals surface area contributed by atoms with Gasteiger partial charge in [-0.3, -0.25) is 4.68 Å². The first-order valence-electron chi connectivity index (χ1n) is 5.67. The Morgan fingerprint density at radius 2 is 2.19 bits per heavy atom. The molecule has 2 aromatic heterocycles. The summed E-state index contributed by atoms with van der Waals surface area (Å²) in [6, 6.07) is 0. The number of hydrogen-bond donors (Lipinski definition) is 0. The summed E-state index contributed by atoms with van der Waals surface area (Å²) in [6.45, 7) is -0.0973. The molecule has 7 nitrogen and oxygen atoms in total. The molecule has 0 unspecified atom stereocenters. The van der Waals surface area contributed by atoms with Gasteiger partial charge in [-0.15, -0.1) is 0 Å². The van der Waals surface area contributed by atoms with Crippen LogP contribution in [0.5, 0.6) is 5.75 Å². The second-order valence-corrected chi connectivity index (χ2v) is 3.87. The number of methoxy groups -OCH3 is 1. The van der Waals surface area contributed by atoms with Crippen molar-refractivity contribution in [2.75, 3.05) is 13.7 Å². The van der Waals surface area contributed by atoms with E-state index in [4.69, 9.17) is 9.47 Å². The second-order valence-electron chi connectivity index (χ2n) is 3.87. The number of nitrogens with zero attached hydrogens (tertiary/aromatic N) is 3. The maximum absolute atomic E-state index is 13.0. The Balaban J connectivity index is 2.27. The predicted molar refractivity (Wildman–Crippen MR) is 60.6 cm³/mol. The number of alkyl halides is 3. The van der Waals surface area contributed by atoms with Crippen LogP contribution in [0.2, 0.25) is 0 Å². The van der Waals surface area contributed by atoms with E-state index < -0.39 is 23.6 Å². The van der Waals surface area contributed by atoms with E-state index in [1.54, 1.807) is 0 Å². The largest absolute Gasteiger partial charge is 0.436 e. The molecule has 0 saturated heterocycles. The third kappa shape index (κ3) is 3.40. The number of rotatable bonds is 5. The normalized spacial score (nSPS) is 11.6. The van der Waals surface area contributed by atoms with Gasteiger partial charge in [0, 0.05) is 7.11 Å². The van der Waals surface area contributed by atoms with Crippen LogP contribution in [-0.4, -0.2) is 34.6 Å². The van der Waals surface area contributed by atoms with E-state index in [-0.39, 0.29) is 18.7 Å². The van der Waals surface area contributed by atoms with Gasteiger partial charge in [0.15, 0.2) is 11.4 Å². The SMILES string of the molecule is COCCn1ncc(OC(=O)c2cnoc2)c1C(F)(F)F. The summed E-state index contributed by atoms with van der Waals surface area (Å²) in [4.78, 5) is 11.6. The summed E-state index contributed by atoms with van der Waals surface area (Å²) in [6.07, 6.45) is -1.91. The van der Waals surface area contributed by atoms with Crippen LogP contribution in [0.15, 0.2) is 23.2 Å². The van der Waals surface area contributed by atoms with E-state index in [2.05, 4.69) is 14.8 Å². The Kier molecular flexibility index (Phi) is 4.26. The highest BCUT2D eigenvalue weighted by molar-refractivity contribution is 5.90. The number of esters is 1. The molecule has 21 heavy (non-hydrogen) atoms. The third-order valence-electron chi connectivity index (χ3n) is 2.45. The van der Waals surface area contributed by atoms with Crippen molar-refractivity contribution in [2.24, 2.45) is 0 Å². The first-order valence-corrected chi connectivity index (χ1v) is 5.67. The zero-order chi connectivity index (χ0) is 15.5. The quantitative estimate of drug-likeness (QED) is 0.783. The molecule has 0 aliphatic rings. The molecule has 0 amide bonds. The van der Waals surface area contributed by atoms with Crippen LogP contribution in [0, 0.1) is 0 Å². The maximum Gasteiger partial charge on any atom is 0.436 e. The van der Waals surface area contributed by atoms with Crippen LogP contribution in [-0.2, 0) is 17.5 Å². The van der Waals surface area contributed by atoms with E-state index in [1.165, 1.54) is 7.11 Å². The third-order valence-corrected chi connectivity index (χ3v) is 2.45. The molecule has 0 aliphatic heterocycles. The molecular formula is C11H10F3N3O4. The van der Waals surface area contributed by atoms with Gasteiger partial charge in [-0.05, 0) is 0 Å². The minimum Gasteiger partial charge on any atom is -0.419 e. The highest BCUT2D eigenvalue weighted by atomic mass is 19.4. The number of carbonyl (C=O) groups excluding carboxylic acids is 1. The minimum atomic E-state index is -4.73. The van der Waals surface area contributed by atoms with Crippen molar-refractivity contribution in [3.05, 3.63) is 29.9 Å². The van der Waals surface area contributed by atoms with E-state index in [0.29, 0.717) is 4.68 Å². The second kappa shape index (κ2) is 5.95. The van der Waals surface area contributed by atoms with Gasteiger partial charge in [0.05, 0.1) is 25.5 Å². The summed E-state index contributed by atoms with van der Waals surface area (Å²) in [7, 11) is 1.35. The highest BCUT2D eigenvalue weighted by Gasteiger charge is 2.40. The monoisotopic (exact) mass is 305 g/mol. The van der Waals surface area contributed by atoms with Crippen molar-refractivity contribution in [1.29, 1.82) is 0 Å². The zero-order valence-corrected chi connectivity index (χ0v) is 10.8. The molecule has 2 aromatic rings. The maximum atomic E-state index is 13.0. The van der Waals surface area contributed by atoms with E-state index in [0.717, 1.165) is 18.7 Å². The average Bonchev–Trinajstić information content (AvgIpc) is 3.04. The first-order chi connectivity index (χ1) is 9.93. The molecule has 2 rings (SSSR count). The molecule has 0 saturated carbocycles. The Labute approximate surface area is 116 Å². The van der Waals surface area contributed by atoms with E-state index in [1.807, 2.05) is 0 Å². The molecule has 0 aliphatic carbocycles. The van der Waals surface area contributed by atoms with Gasteiger partial charge in [-0.25, -0.2) is 4.79 Å². The van der Waals surface area contributed by atoms with Gasteiger partial charge < -0.3 is 14.0 Å². The minimum absolute atomic E-state index is 0.0315. The van der Waals surface area contributed by atoms with Gasteiger partial charge in [0.1, 0.15) is 11.8 Å². The number of carbonyl (C=O) groups is 1. The summed E-state index contributed by atoms with van der Waals surface area (Å²) >= 11 is 0. The number of halogens is 3. The van der Waals surface area contributed by atoms with Crippen molar-refractivity contribution in [2.45, 2.75) is 12.7 Å². The number of ether oxygens (including phenoxy) is 2. The molecule has 2 heterocycles. The van der Waals surface area contributed by atoms with Crippen LogP contribution >= 0.6 is 0 Å². The average molecular weight is 305 g/mol. The molecule has 0 aromatic carbocycles. The van der Waals surface area contributed by atoms with E-state index in [9.17, 15) is 18.0 Å². The first kappa shape index (κ1) is 15.0.